The summed E-state index contributed by atoms with van der Waals surface area (Å²) in [5, 5.41) is 7.46. The summed E-state index contributed by atoms with van der Waals surface area (Å²) in [7, 11) is 0. The second kappa shape index (κ2) is 7.20. The third kappa shape index (κ3) is 3.54. The number of hydrogen-bond donors (Lipinski definition) is 1. The van der Waals surface area contributed by atoms with E-state index in [1.54, 1.807) is 29.4 Å². The van der Waals surface area contributed by atoms with Crippen LogP contribution in [-0.4, -0.2) is 33.1 Å². The van der Waals surface area contributed by atoms with Crippen LogP contribution in [-0.2, 0) is 9.59 Å². The highest BCUT2D eigenvalue weighted by Crippen LogP contribution is 2.26. The molecule has 3 heterocycles. The molecule has 3 aromatic rings. The van der Waals surface area contributed by atoms with Crippen LogP contribution in [0.5, 0.6) is 0 Å². The summed E-state index contributed by atoms with van der Waals surface area (Å²) in [6.07, 6.45) is 4.88. The van der Waals surface area contributed by atoms with E-state index in [0.717, 1.165) is 5.69 Å². The van der Waals surface area contributed by atoms with E-state index in [1.807, 2.05) is 30.3 Å². The van der Waals surface area contributed by atoms with Gasteiger partial charge in [0.25, 0.3) is 0 Å². The predicted molar refractivity (Wildman–Crippen MR) is 102 cm³/mol. The van der Waals surface area contributed by atoms with Crippen molar-refractivity contribution in [3.63, 3.8) is 0 Å². The number of carbonyl (C=O) groups excluding carboxylic acids is 2. The molecule has 8 heteroatoms. The average Bonchev–Trinajstić information content (AvgIpc) is 3.29. The summed E-state index contributed by atoms with van der Waals surface area (Å²) in [4.78, 5) is 31.0. The number of rotatable bonds is 4. The van der Waals surface area contributed by atoms with Crippen LogP contribution in [0.15, 0.2) is 61.1 Å². The first-order chi connectivity index (χ1) is 13.1. The highest BCUT2D eigenvalue weighted by atomic mass is 35.5. The Labute approximate surface area is 160 Å². The molecule has 0 saturated carbocycles. The topological polar surface area (TPSA) is 80.1 Å². The van der Waals surface area contributed by atoms with Gasteiger partial charge in [0.05, 0.1) is 29.0 Å². The van der Waals surface area contributed by atoms with Crippen molar-refractivity contribution >= 4 is 34.8 Å². The van der Waals surface area contributed by atoms with Gasteiger partial charge >= 0.3 is 0 Å². The van der Waals surface area contributed by atoms with Crippen molar-refractivity contribution in [1.29, 1.82) is 0 Å². The standard InChI is InChI=1S/C19H16ClN5O2/c20-14-10-22-25(12-14)18-16(7-4-8-21-18)23-19(27)13-9-17(26)24(11-13)15-5-2-1-3-6-15/h1-8,10,12-13H,9,11H2,(H,23,27). The van der Waals surface area contributed by atoms with E-state index in [2.05, 4.69) is 15.4 Å². The van der Waals surface area contributed by atoms with E-state index in [-0.39, 0.29) is 18.2 Å². The maximum Gasteiger partial charge on any atom is 0.229 e. The molecule has 1 aliphatic heterocycles. The molecule has 2 aromatic heterocycles. The van der Waals surface area contributed by atoms with Gasteiger partial charge in [-0.1, -0.05) is 29.8 Å². The molecule has 27 heavy (non-hydrogen) atoms. The quantitative estimate of drug-likeness (QED) is 0.753. The normalized spacial score (nSPS) is 16.6. The Hall–Kier alpha value is -3.19. The van der Waals surface area contributed by atoms with Crippen LogP contribution in [0, 0.1) is 5.92 Å². The number of aromatic nitrogens is 3. The molecule has 0 spiro atoms. The molecule has 1 aromatic carbocycles. The van der Waals surface area contributed by atoms with Gasteiger partial charge in [0.15, 0.2) is 5.82 Å². The van der Waals surface area contributed by atoms with Crippen LogP contribution in [0.1, 0.15) is 6.42 Å². The van der Waals surface area contributed by atoms with E-state index in [9.17, 15) is 9.59 Å². The van der Waals surface area contributed by atoms with E-state index in [1.165, 1.54) is 10.9 Å². The Bertz CT molecular complexity index is 989. The second-order valence-corrected chi connectivity index (χ2v) is 6.64. The van der Waals surface area contributed by atoms with Crippen molar-refractivity contribution in [1.82, 2.24) is 14.8 Å². The van der Waals surface area contributed by atoms with Gasteiger partial charge in [0.2, 0.25) is 11.8 Å². The molecule has 0 bridgehead atoms. The lowest BCUT2D eigenvalue weighted by atomic mass is 10.1. The zero-order chi connectivity index (χ0) is 18.8. The fourth-order valence-corrected chi connectivity index (χ4v) is 3.21. The minimum atomic E-state index is -0.438. The SMILES string of the molecule is O=C(Nc1cccnc1-n1cc(Cl)cn1)C1CC(=O)N(c2ccccc2)C1. The summed E-state index contributed by atoms with van der Waals surface area (Å²) in [6.45, 7) is 0.345. The number of hydrogen-bond acceptors (Lipinski definition) is 4. The summed E-state index contributed by atoms with van der Waals surface area (Å²) in [6, 6.07) is 12.8. The minimum Gasteiger partial charge on any atom is -0.323 e. The molecule has 1 aliphatic rings. The molecule has 1 atom stereocenters. The summed E-state index contributed by atoms with van der Waals surface area (Å²) < 4.78 is 1.49. The molecular formula is C19H16ClN5O2. The fraction of sp³-hybridized carbons (Fsp3) is 0.158. The number of para-hydroxylation sites is 1. The molecule has 7 nitrogen and oxygen atoms in total. The molecule has 4 rings (SSSR count). The Balaban J connectivity index is 1.52. The molecular weight excluding hydrogens is 366 g/mol. The lowest BCUT2D eigenvalue weighted by Gasteiger charge is -2.17. The monoisotopic (exact) mass is 381 g/mol. The summed E-state index contributed by atoms with van der Waals surface area (Å²) >= 11 is 5.92. The number of pyridine rings is 1. The Morgan fingerprint density at radius 1 is 1.19 bits per heavy atom. The molecule has 1 unspecified atom stereocenters. The zero-order valence-corrected chi connectivity index (χ0v) is 15.0. The molecule has 0 aliphatic carbocycles. The van der Waals surface area contributed by atoms with E-state index < -0.39 is 5.92 Å². The third-order valence-electron chi connectivity index (χ3n) is 4.38. The number of halogens is 1. The first-order valence-electron chi connectivity index (χ1n) is 8.43. The van der Waals surface area contributed by atoms with Gasteiger partial charge in [-0.2, -0.15) is 5.10 Å². The van der Waals surface area contributed by atoms with Crippen LogP contribution in [0.25, 0.3) is 5.82 Å². The Morgan fingerprint density at radius 3 is 2.74 bits per heavy atom. The first kappa shape index (κ1) is 17.2. The van der Waals surface area contributed by atoms with Crippen LogP contribution < -0.4 is 10.2 Å². The van der Waals surface area contributed by atoms with E-state index in [0.29, 0.717) is 23.1 Å². The van der Waals surface area contributed by atoms with Crippen molar-refractivity contribution < 1.29 is 9.59 Å². The number of amides is 2. The molecule has 2 amide bonds. The number of nitrogens with one attached hydrogen (secondary N) is 1. The van der Waals surface area contributed by atoms with Gasteiger partial charge < -0.3 is 10.2 Å². The van der Waals surface area contributed by atoms with Crippen molar-refractivity contribution in [2.75, 3.05) is 16.8 Å². The molecule has 1 N–H and O–H groups in total. The van der Waals surface area contributed by atoms with Gasteiger partial charge in [-0.25, -0.2) is 9.67 Å². The number of nitrogens with zero attached hydrogens (tertiary/aromatic N) is 4. The predicted octanol–water partition coefficient (Wildman–Crippen LogP) is 2.91. The molecule has 0 radical (unpaired) electrons. The number of carbonyl (C=O) groups is 2. The van der Waals surface area contributed by atoms with Crippen molar-refractivity contribution in [3.05, 3.63) is 66.1 Å². The van der Waals surface area contributed by atoms with Gasteiger partial charge in [-0.3, -0.25) is 9.59 Å². The van der Waals surface area contributed by atoms with Crippen LogP contribution >= 0.6 is 11.6 Å². The highest BCUT2D eigenvalue weighted by Gasteiger charge is 2.35. The van der Waals surface area contributed by atoms with Crippen LogP contribution in [0.2, 0.25) is 5.02 Å². The Kier molecular flexibility index (Phi) is 4.60. The number of benzene rings is 1. The van der Waals surface area contributed by atoms with Crippen molar-refractivity contribution in [2.45, 2.75) is 6.42 Å². The largest absolute Gasteiger partial charge is 0.323 e. The maximum atomic E-state index is 12.8. The minimum absolute atomic E-state index is 0.0633. The van der Waals surface area contributed by atoms with Crippen molar-refractivity contribution in [2.24, 2.45) is 5.92 Å². The lowest BCUT2D eigenvalue weighted by molar-refractivity contribution is -0.122. The highest BCUT2D eigenvalue weighted by molar-refractivity contribution is 6.30. The fourth-order valence-electron chi connectivity index (χ4n) is 3.07. The van der Waals surface area contributed by atoms with Gasteiger partial charge in [0.1, 0.15) is 0 Å². The number of anilines is 2. The zero-order valence-electron chi connectivity index (χ0n) is 14.2. The molecule has 1 fully saturated rings. The maximum absolute atomic E-state index is 12.8. The van der Waals surface area contributed by atoms with Crippen molar-refractivity contribution in [3.8, 4) is 5.82 Å². The summed E-state index contributed by atoms with van der Waals surface area (Å²) in [5.41, 5.74) is 1.30. The first-order valence-corrected chi connectivity index (χ1v) is 8.81. The van der Waals surface area contributed by atoms with Crippen LogP contribution in [0.3, 0.4) is 0 Å². The van der Waals surface area contributed by atoms with Gasteiger partial charge in [-0.05, 0) is 24.3 Å². The third-order valence-corrected chi connectivity index (χ3v) is 4.57. The van der Waals surface area contributed by atoms with Gasteiger partial charge in [-0.15, -0.1) is 0 Å². The molecule has 136 valence electrons. The van der Waals surface area contributed by atoms with E-state index in [4.69, 9.17) is 11.6 Å². The summed E-state index contributed by atoms with van der Waals surface area (Å²) in [5.74, 6) is -0.269. The molecule has 1 saturated heterocycles. The van der Waals surface area contributed by atoms with Gasteiger partial charge in [0, 0.05) is 24.8 Å². The average molecular weight is 382 g/mol. The lowest BCUT2D eigenvalue weighted by Crippen LogP contribution is -2.28. The van der Waals surface area contributed by atoms with E-state index >= 15 is 0 Å². The van der Waals surface area contributed by atoms with Crippen LogP contribution in [0.4, 0.5) is 11.4 Å². The second-order valence-electron chi connectivity index (χ2n) is 6.21. The Morgan fingerprint density at radius 2 is 2.00 bits per heavy atom. The smallest absolute Gasteiger partial charge is 0.229 e.